The average Bonchev–Trinajstić information content (AvgIpc) is 2.74. The molecule has 0 atom stereocenters. The molecule has 1 heterocycles. The third kappa shape index (κ3) is 2.78. The van der Waals surface area contributed by atoms with Crippen LogP contribution in [0.15, 0.2) is 29.6 Å². The Bertz CT molecular complexity index is 631. The Labute approximate surface area is 111 Å². The quantitative estimate of drug-likeness (QED) is 0.672. The fourth-order valence-electron chi connectivity index (χ4n) is 1.65. The van der Waals surface area contributed by atoms with E-state index >= 15 is 0 Å². The lowest BCUT2D eigenvalue weighted by atomic mass is 10.0. The van der Waals surface area contributed by atoms with Crippen molar-refractivity contribution in [3.63, 3.8) is 0 Å². The molecule has 1 aromatic carbocycles. The number of hydrogen-bond acceptors (Lipinski definition) is 3. The highest BCUT2D eigenvalue weighted by Gasteiger charge is 2.31. The monoisotopic (exact) mass is 285 g/mol. The summed E-state index contributed by atoms with van der Waals surface area (Å²) >= 11 is 1.36. The minimum absolute atomic E-state index is 0.0434. The van der Waals surface area contributed by atoms with Crippen LogP contribution in [-0.2, 0) is 6.18 Å². The van der Waals surface area contributed by atoms with Gasteiger partial charge in [-0.2, -0.15) is 13.2 Å². The number of benzene rings is 1. The predicted octanol–water partition coefficient (Wildman–Crippen LogP) is 3.89. The van der Waals surface area contributed by atoms with Crippen LogP contribution in [0.4, 0.5) is 18.9 Å². The first-order valence-electron chi connectivity index (χ1n) is 5.35. The van der Waals surface area contributed by atoms with Gasteiger partial charge in [0.2, 0.25) is 0 Å². The zero-order valence-corrected chi connectivity index (χ0v) is 10.7. The predicted molar refractivity (Wildman–Crippen MR) is 68.3 cm³/mol. The number of rotatable bonds is 2. The van der Waals surface area contributed by atoms with Crippen molar-refractivity contribution < 1.29 is 18.0 Å². The van der Waals surface area contributed by atoms with E-state index in [0.29, 0.717) is 5.56 Å². The molecule has 0 aliphatic carbocycles. The first-order valence-corrected chi connectivity index (χ1v) is 6.23. The zero-order chi connectivity index (χ0) is 14.2. The molecule has 0 saturated carbocycles. The summed E-state index contributed by atoms with van der Waals surface area (Å²) in [5.41, 5.74) is 5.00. The van der Waals surface area contributed by atoms with Gasteiger partial charge in [0.15, 0.2) is 5.78 Å². The smallest absolute Gasteiger partial charge is 0.398 e. The van der Waals surface area contributed by atoms with E-state index in [0.717, 1.165) is 23.1 Å². The number of hydrogen-bond donors (Lipinski definition) is 1. The van der Waals surface area contributed by atoms with E-state index in [1.54, 1.807) is 11.4 Å². The lowest BCUT2D eigenvalue weighted by Gasteiger charge is -2.10. The topological polar surface area (TPSA) is 43.1 Å². The molecule has 2 nitrogen and oxygen atoms in total. The minimum Gasteiger partial charge on any atom is -0.398 e. The van der Waals surface area contributed by atoms with Crippen molar-refractivity contribution in [1.29, 1.82) is 0 Å². The summed E-state index contributed by atoms with van der Waals surface area (Å²) in [6.45, 7) is 1.82. The van der Waals surface area contributed by atoms with Crippen LogP contribution >= 0.6 is 11.3 Å². The van der Waals surface area contributed by atoms with Gasteiger partial charge in [-0.05, 0) is 31.2 Å². The number of anilines is 1. The number of halogens is 3. The second-order valence-corrected chi connectivity index (χ2v) is 5.19. The van der Waals surface area contributed by atoms with Crippen LogP contribution in [0, 0.1) is 6.92 Å². The Balaban J connectivity index is 2.47. The molecule has 2 aromatic rings. The number of nitrogens with two attached hydrogens (primary N) is 1. The van der Waals surface area contributed by atoms with Crippen LogP contribution in [0.2, 0.25) is 0 Å². The molecule has 1 aromatic heterocycles. The van der Waals surface area contributed by atoms with E-state index in [4.69, 9.17) is 5.73 Å². The molecular weight excluding hydrogens is 275 g/mol. The van der Waals surface area contributed by atoms with Gasteiger partial charge in [0.25, 0.3) is 0 Å². The van der Waals surface area contributed by atoms with Crippen LogP contribution in [0.5, 0.6) is 0 Å². The molecule has 0 fully saturated rings. The van der Waals surface area contributed by atoms with Crippen molar-refractivity contribution in [2.24, 2.45) is 0 Å². The molecular formula is C13H10F3NOS. The Kier molecular flexibility index (Phi) is 3.36. The summed E-state index contributed by atoms with van der Waals surface area (Å²) in [6, 6.07) is 4.40. The van der Waals surface area contributed by atoms with Crippen molar-refractivity contribution in [2.45, 2.75) is 13.1 Å². The number of carbonyl (C=O) groups excluding carboxylic acids is 1. The summed E-state index contributed by atoms with van der Waals surface area (Å²) in [7, 11) is 0. The molecule has 2 N–H and O–H groups in total. The van der Waals surface area contributed by atoms with E-state index < -0.39 is 17.5 Å². The number of nitrogen functional groups attached to an aromatic ring is 1. The van der Waals surface area contributed by atoms with E-state index in [1.807, 2.05) is 6.92 Å². The van der Waals surface area contributed by atoms with Crippen LogP contribution in [-0.4, -0.2) is 5.78 Å². The summed E-state index contributed by atoms with van der Waals surface area (Å²) in [5.74, 6) is -0.493. The molecule has 0 unspecified atom stereocenters. The summed E-state index contributed by atoms with van der Waals surface area (Å²) in [4.78, 5) is 13.0. The fraction of sp³-hybridized carbons (Fsp3) is 0.154. The maximum Gasteiger partial charge on any atom is 0.416 e. The maximum absolute atomic E-state index is 12.6. The molecule has 0 saturated heterocycles. The minimum atomic E-state index is -4.49. The second kappa shape index (κ2) is 4.70. The standard InChI is InChI=1S/C13H10F3NOS/c1-7-4-8(6-19-7)12(18)10-5-9(13(14,15)16)2-3-11(10)17/h2-6H,17H2,1H3. The third-order valence-corrected chi connectivity index (χ3v) is 3.48. The van der Waals surface area contributed by atoms with Crippen LogP contribution in [0.3, 0.4) is 0 Å². The van der Waals surface area contributed by atoms with Gasteiger partial charge in [0.05, 0.1) is 5.56 Å². The maximum atomic E-state index is 12.6. The average molecular weight is 285 g/mol. The number of ketones is 1. The van der Waals surface area contributed by atoms with Gasteiger partial charge in [-0.15, -0.1) is 11.3 Å². The van der Waals surface area contributed by atoms with Crippen molar-refractivity contribution in [1.82, 2.24) is 0 Å². The molecule has 0 radical (unpaired) electrons. The number of carbonyl (C=O) groups is 1. The zero-order valence-electron chi connectivity index (χ0n) is 9.91. The first-order chi connectivity index (χ1) is 8.79. The van der Waals surface area contributed by atoms with Gasteiger partial charge in [-0.1, -0.05) is 0 Å². The van der Waals surface area contributed by atoms with Crippen molar-refractivity contribution in [3.05, 3.63) is 51.2 Å². The number of aryl methyl sites for hydroxylation is 1. The molecule has 0 bridgehead atoms. The van der Waals surface area contributed by atoms with Crippen LogP contribution in [0.25, 0.3) is 0 Å². The highest BCUT2D eigenvalue weighted by molar-refractivity contribution is 7.10. The lowest BCUT2D eigenvalue weighted by Crippen LogP contribution is -2.10. The summed E-state index contributed by atoms with van der Waals surface area (Å²) in [6.07, 6.45) is -4.49. The molecule has 0 aliphatic heterocycles. The normalized spacial score (nSPS) is 11.6. The second-order valence-electron chi connectivity index (χ2n) is 4.07. The summed E-state index contributed by atoms with van der Waals surface area (Å²) < 4.78 is 37.9. The van der Waals surface area contributed by atoms with Gasteiger partial charge < -0.3 is 5.73 Å². The highest BCUT2D eigenvalue weighted by Crippen LogP contribution is 2.32. The van der Waals surface area contributed by atoms with Crippen molar-refractivity contribution in [3.8, 4) is 0 Å². The molecule has 100 valence electrons. The van der Waals surface area contributed by atoms with E-state index in [2.05, 4.69) is 0 Å². The third-order valence-electron chi connectivity index (χ3n) is 2.62. The Hall–Kier alpha value is -1.82. The SMILES string of the molecule is Cc1cc(C(=O)c2cc(C(F)(F)F)ccc2N)cs1. The molecule has 2 rings (SSSR count). The van der Waals surface area contributed by atoms with Gasteiger partial charge in [0, 0.05) is 27.1 Å². The van der Waals surface area contributed by atoms with Gasteiger partial charge in [-0.3, -0.25) is 4.79 Å². The van der Waals surface area contributed by atoms with Crippen molar-refractivity contribution >= 4 is 22.8 Å². The Morgan fingerprint density at radius 3 is 2.47 bits per heavy atom. The van der Waals surface area contributed by atoms with E-state index in [9.17, 15) is 18.0 Å². The van der Waals surface area contributed by atoms with Crippen LogP contribution in [0.1, 0.15) is 26.4 Å². The molecule has 19 heavy (non-hydrogen) atoms. The number of thiophene rings is 1. The molecule has 0 amide bonds. The lowest BCUT2D eigenvalue weighted by molar-refractivity contribution is -0.137. The molecule has 0 spiro atoms. The van der Waals surface area contributed by atoms with Gasteiger partial charge in [-0.25, -0.2) is 0 Å². The Morgan fingerprint density at radius 1 is 1.26 bits per heavy atom. The molecule has 0 aliphatic rings. The number of alkyl halides is 3. The van der Waals surface area contributed by atoms with Crippen molar-refractivity contribution in [2.75, 3.05) is 5.73 Å². The Morgan fingerprint density at radius 2 is 1.95 bits per heavy atom. The molecule has 6 heteroatoms. The van der Waals surface area contributed by atoms with E-state index in [1.165, 1.54) is 11.3 Å². The van der Waals surface area contributed by atoms with Gasteiger partial charge in [0.1, 0.15) is 0 Å². The van der Waals surface area contributed by atoms with Crippen LogP contribution < -0.4 is 5.73 Å². The largest absolute Gasteiger partial charge is 0.416 e. The summed E-state index contributed by atoms with van der Waals surface area (Å²) in [5, 5.41) is 1.61. The fourth-order valence-corrected chi connectivity index (χ4v) is 2.33. The highest BCUT2D eigenvalue weighted by atomic mass is 32.1. The van der Waals surface area contributed by atoms with Gasteiger partial charge >= 0.3 is 6.18 Å². The van der Waals surface area contributed by atoms with E-state index in [-0.39, 0.29) is 11.3 Å². The first kappa shape index (κ1) is 13.6.